The van der Waals surface area contributed by atoms with E-state index in [0.29, 0.717) is 0 Å². The summed E-state index contributed by atoms with van der Waals surface area (Å²) < 4.78 is 9.91. The highest BCUT2D eigenvalue weighted by atomic mass is 32.1. The van der Waals surface area contributed by atoms with Crippen LogP contribution in [0, 0.1) is 6.92 Å². The first kappa shape index (κ1) is 11.2. The SMILES string of the molecule is Cc1cscc1OCCCn1cc[n+](C)c1. The summed E-state index contributed by atoms with van der Waals surface area (Å²) in [5.41, 5.74) is 1.23. The standard InChI is InChI=1S/C12H17N2OS/c1-11-8-16-9-12(11)15-7-3-4-14-6-5-13(2)10-14/h5-6,8-10H,3-4,7H2,1-2H3/q+1. The van der Waals surface area contributed by atoms with Gasteiger partial charge in [0.1, 0.15) is 18.1 Å². The highest BCUT2D eigenvalue weighted by Crippen LogP contribution is 2.22. The Morgan fingerprint density at radius 2 is 2.31 bits per heavy atom. The van der Waals surface area contributed by atoms with E-state index < -0.39 is 0 Å². The fourth-order valence-corrected chi connectivity index (χ4v) is 2.33. The number of aryl methyl sites for hydroxylation is 3. The Morgan fingerprint density at radius 3 is 2.94 bits per heavy atom. The van der Waals surface area contributed by atoms with Gasteiger partial charge in [-0.15, -0.1) is 11.3 Å². The number of aromatic nitrogens is 2. The number of nitrogens with zero attached hydrogens (tertiary/aromatic N) is 2. The van der Waals surface area contributed by atoms with E-state index in [9.17, 15) is 0 Å². The van der Waals surface area contributed by atoms with Gasteiger partial charge in [0.25, 0.3) is 0 Å². The summed E-state index contributed by atoms with van der Waals surface area (Å²) in [6.07, 6.45) is 7.24. The summed E-state index contributed by atoms with van der Waals surface area (Å²) in [5.74, 6) is 1.03. The fourth-order valence-electron chi connectivity index (χ4n) is 1.56. The van der Waals surface area contributed by atoms with Gasteiger partial charge in [-0.3, -0.25) is 0 Å². The van der Waals surface area contributed by atoms with E-state index in [-0.39, 0.29) is 0 Å². The Bertz CT molecular complexity index is 447. The molecule has 0 saturated carbocycles. The van der Waals surface area contributed by atoms with E-state index in [0.717, 1.165) is 25.3 Å². The first-order valence-electron chi connectivity index (χ1n) is 5.42. The van der Waals surface area contributed by atoms with Crippen LogP contribution in [0.15, 0.2) is 29.5 Å². The molecular formula is C12H17N2OS+. The predicted molar refractivity (Wildman–Crippen MR) is 64.8 cm³/mol. The maximum atomic E-state index is 5.70. The highest BCUT2D eigenvalue weighted by Gasteiger charge is 2.02. The van der Waals surface area contributed by atoms with Crippen molar-refractivity contribution in [1.82, 2.24) is 4.57 Å². The topological polar surface area (TPSA) is 18.0 Å². The third-order valence-electron chi connectivity index (χ3n) is 2.45. The molecule has 4 heteroatoms. The molecule has 86 valence electrons. The Balaban J connectivity index is 1.71. The van der Waals surface area contributed by atoms with E-state index in [4.69, 9.17) is 4.74 Å². The molecule has 0 saturated heterocycles. The first-order valence-corrected chi connectivity index (χ1v) is 6.36. The van der Waals surface area contributed by atoms with Crippen molar-refractivity contribution >= 4 is 11.3 Å². The van der Waals surface area contributed by atoms with Gasteiger partial charge >= 0.3 is 0 Å². The van der Waals surface area contributed by atoms with Gasteiger partial charge in [-0.1, -0.05) is 0 Å². The second kappa shape index (κ2) is 5.16. The van der Waals surface area contributed by atoms with Crippen LogP contribution in [0.3, 0.4) is 0 Å². The lowest BCUT2D eigenvalue weighted by Gasteiger charge is -2.03. The Hall–Kier alpha value is -1.29. The van der Waals surface area contributed by atoms with Crippen molar-refractivity contribution < 1.29 is 9.30 Å². The van der Waals surface area contributed by atoms with Gasteiger partial charge < -0.3 is 4.74 Å². The zero-order valence-electron chi connectivity index (χ0n) is 9.72. The molecule has 16 heavy (non-hydrogen) atoms. The minimum atomic E-state index is 0.777. The molecule has 2 aromatic rings. The van der Waals surface area contributed by atoms with Gasteiger partial charge in [-0.05, 0) is 12.3 Å². The molecule has 0 unspecified atom stereocenters. The summed E-state index contributed by atoms with van der Waals surface area (Å²) in [6.45, 7) is 3.86. The van der Waals surface area contributed by atoms with Crippen LogP contribution in [0.1, 0.15) is 12.0 Å². The summed E-state index contributed by atoms with van der Waals surface area (Å²) in [5, 5.41) is 4.17. The van der Waals surface area contributed by atoms with Crippen LogP contribution in [-0.4, -0.2) is 11.2 Å². The van der Waals surface area contributed by atoms with Crippen LogP contribution in [0.4, 0.5) is 0 Å². The van der Waals surface area contributed by atoms with Crippen molar-refractivity contribution in [3.63, 3.8) is 0 Å². The van der Waals surface area contributed by atoms with Crippen LogP contribution in [0.5, 0.6) is 5.75 Å². The molecule has 0 aromatic carbocycles. The number of hydrogen-bond acceptors (Lipinski definition) is 2. The molecule has 3 nitrogen and oxygen atoms in total. The minimum absolute atomic E-state index is 0.777. The maximum Gasteiger partial charge on any atom is 0.243 e. The van der Waals surface area contributed by atoms with Gasteiger partial charge in [0, 0.05) is 17.4 Å². The van der Waals surface area contributed by atoms with Crippen molar-refractivity contribution in [1.29, 1.82) is 0 Å². The lowest BCUT2D eigenvalue weighted by atomic mass is 10.3. The molecule has 0 aliphatic carbocycles. The molecule has 0 amide bonds. The number of ether oxygens (including phenoxy) is 1. The summed E-state index contributed by atoms with van der Waals surface area (Å²) in [7, 11) is 2.03. The first-order chi connectivity index (χ1) is 7.75. The monoisotopic (exact) mass is 237 g/mol. The van der Waals surface area contributed by atoms with E-state index in [1.807, 2.05) is 17.8 Å². The zero-order chi connectivity index (χ0) is 11.4. The van der Waals surface area contributed by atoms with Crippen LogP contribution in [0.25, 0.3) is 0 Å². The van der Waals surface area contributed by atoms with Gasteiger partial charge in [0.15, 0.2) is 0 Å². The maximum absolute atomic E-state index is 5.70. The Labute approximate surface area is 99.9 Å². The summed E-state index contributed by atoms with van der Waals surface area (Å²) in [6, 6.07) is 0. The third-order valence-corrected chi connectivity index (χ3v) is 3.29. The van der Waals surface area contributed by atoms with Gasteiger partial charge in [0.2, 0.25) is 6.33 Å². The molecule has 0 radical (unpaired) electrons. The fraction of sp³-hybridized carbons (Fsp3) is 0.417. The van der Waals surface area contributed by atoms with Crippen LogP contribution in [-0.2, 0) is 13.6 Å². The van der Waals surface area contributed by atoms with Crippen molar-refractivity contribution in [3.05, 3.63) is 35.0 Å². The summed E-state index contributed by atoms with van der Waals surface area (Å²) >= 11 is 1.69. The molecule has 0 fully saturated rings. The highest BCUT2D eigenvalue weighted by molar-refractivity contribution is 7.08. The number of hydrogen-bond donors (Lipinski definition) is 0. The Morgan fingerprint density at radius 1 is 1.44 bits per heavy atom. The lowest BCUT2D eigenvalue weighted by Crippen LogP contribution is -2.23. The zero-order valence-corrected chi connectivity index (χ0v) is 10.5. The van der Waals surface area contributed by atoms with Crippen molar-refractivity contribution in [2.45, 2.75) is 19.9 Å². The van der Waals surface area contributed by atoms with Crippen molar-refractivity contribution in [2.24, 2.45) is 7.05 Å². The summed E-state index contributed by atoms with van der Waals surface area (Å²) in [4.78, 5) is 0. The molecule has 0 N–H and O–H groups in total. The van der Waals surface area contributed by atoms with Crippen LogP contribution >= 0.6 is 11.3 Å². The van der Waals surface area contributed by atoms with E-state index in [2.05, 4.69) is 34.8 Å². The molecule has 0 aliphatic heterocycles. The normalized spacial score (nSPS) is 10.6. The van der Waals surface area contributed by atoms with Crippen LogP contribution in [0.2, 0.25) is 0 Å². The third kappa shape index (κ3) is 2.85. The molecule has 0 atom stereocenters. The quantitative estimate of drug-likeness (QED) is 0.575. The second-order valence-electron chi connectivity index (χ2n) is 3.94. The number of imidazole rings is 1. The van der Waals surface area contributed by atoms with Crippen molar-refractivity contribution in [3.8, 4) is 5.75 Å². The van der Waals surface area contributed by atoms with Gasteiger partial charge in [-0.2, -0.15) is 0 Å². The molecule has 0 aliphatic rings. The van der Waals surface area contributed by atoms with E-state index in [1.165, 1.54) is 5.56 Å². The molecule has 0 spiro atoms. The van der Waals surface area contributed by atoms with Gasteiger partial charge in [0.05, 0.1) is 20.2 Å². The van der Waals surface area contributed by atoms with Crippen LogP contribution < -0.4 is 9.30 Å². The molecular weight excluding hydrogens is 220 g/mol. The average molecular weight is 237 g/mol. The van der Waals surface area contributed by atoms with E-state index >= 15 is 0 Å². The minimum Gasteiger partial charge on any atom is -0.492 e. The largest absolute Gasteiger partial charge is 0.492 e. The average Bonchev–Trinajstić information content (AvgIpc) is 2.83. The lowest BCUT2D eigenvalue weighted by molar-refractivity contribution is -0.671. The van der Waals surface area contributed by atoms with Crippen molar-refractivity contribution in [2.75, 3.05) is 6.61 Å². The number of rotatable bonds is 5. The second-order valence-corrected chi connectivity index (χ2v) is 4.68. The smallest absolute Gasteiger partial charge is 0.243 e. The molecule has 2 rings (SSSR count). The Kier molecular flexibility index (Phi) is 3.62. The van der Waals surface area contributed by atoms with Gasteiger partial charge in [-0.25, -0.2) is 9.13 Å². The number of thiophene rings is 1. The molecule has 2 aromatic heterocycles. The molecule has 0 bridgehead atoms. The van der Waals surface area contributed by atoms with E-state index in [1.54, 1.807) is 11.3 Å². The predicted octanol–water partition coefficient (Wildman–Crippen LogP) is 2.15. The molecule has 2 heterocycles.